The van der Waals surface area contributed by atoms with Crippen molar-refractivity contribution in [3.8, 4) is 6.07 Å². The molecule has 0 aromatic carbocycles. The topological polar surface area (TPSA) is 277 Å². The number of nitriles is 1. The van der Waals surface area contributed by atoms with Gasteiger partial charge < -0.3 is 34.2 Å². The summed E-state index contributed by atoms with van der Waals surface area (Å²) in [5.41, 5.74) is -6.34. The van der Waals surface area contributed by atoms with Crippen molar-refractivity contribution in [2.24, 2.45) is 0 Å². The Labute approximate surface area is 176 Å². The molecule has 3 heterocycles. The molecule has 178 valence electrons. The van der Waals surface area contributed by atoms with Crippen molar-refractivity contribution >= 4 is 23.5 Å². The second kappa shape index (κ2) is 8.05. The minimum atomic E-state index is -5.79. The Balaban J connectivity index is 1.84. The number of phosphoric acid groups is 3. The molecular formula is C11H14N3O15P3. The van der Waals surface area contributed by atoms with Crippen LogP contribution in [-0.2, 0) is 42.0 Å². The second-order valence-electron chi connectivity index (χ2n) is 6.50. The highest BCUT2D eigenvalue weighted by molar-refractivity contribution is 7.66. The maximum absolute atomic E-state index is 12.1. The highest BCUT2D eigenvalue weighted by Gasteiger charge is 2.70. The van der Waals surface area contributed by atoms with E-state index in [1.165, 1.54) is 0 Å². The Morgan fingerprint density at radius 3 is 2.44 bits per heavy atom. The molecule has 2 fully saturated rings. The molecule has 32 heavy (non-hydrogen) atoms. The smallest absolute Gasteiger partial charge is 0.387 e. The Morgan fingerprint density at radius 1 is 1.22 bits per heavy atom. The van der Waals surface area contributed by atoms with E-state index in [1.807, 2.05) is 4.98 Å². The van der Waals surface area contributed by atoms with Gasteiger partial charge in [0.25, 0.3) is 11.3 Å². The molecule has 1 aromatic rings. The highest BCUT2D eigenvalue weighted by Crippen LogP contribution is 2.66. The van der Waals surface area contributed by atoms with Gasteiger partial charge in [0, 0.05) is 12.3 Å². The number of hydrogen-bond acceptors (Lipinski definition) is 12. The fraction of sp³-hybridized carbons (Fsp3) is 0.545. The van der Waals surface area contributed by atoms with Crippen molar-refractivity contribution < 1.29 is 61.0 Å². The number of ether oxygens (including phenoxy) is 2. The lowest BCUT2D eigenvalue weighted by atomic mass is 9.98. The minimum Gasteiger partial charge on any atom is -0.387 e. The molecular weight excluding hydrogens is 507 g/mol. The molecule has 2 bridgehead atoms. The SMILES string of the molecule is N#C[C@@]1(n2ccc(=O)[nH]c2=O)O[C@@]2(COP(=O)(O)OP(=O)(O)OP(=O)(O)O)CO[C@@H]1[C@@H]2O. The quantitative estimate of drug-likeness (QED) is 0.194. The molecule has 1 aromatic heterocycles. The van der Waals surface area contributed by atoms with Gasteiger partial charge in [-0.05, 0) is 0 Å². The molecule has 0 radical (unpaired) electrons. The monoisotopic (exact) mass is 521 g/mol. The van der Waals surface area contributed by atoms with Crippen molar-refractivity contribution in [2.75, 3.05) is 13.2 Å². The largest absolute Gasteiger partial charge is 0.490 e. The molecule has 0 amide bonds. The number of nitrogens with one attached hydrogen (secondary N) is 1. The first-order valence-electron chi connectivity index (χ1n) is 8.07. The summed E-state index contributed by atoms with van der Waals surface area (Å²) in [4.78, 5) is 61.1. The van der Waals surface area contributed by atoms with Crippen LogP contribution in [-0.4, -0.2) is 65.3 Å². The third kappa shape index (κ3) is 4.72. The molecule has 0 spiro atoms. The summed E-state index contributed by atoms with van der Waals surface area (Å²) in [6.07, 6.45) is -2.41. The van der Waals surface area contributed by atoms with Gasteiger partial charge in [-0.25, -0.2) is 18.5 Å². The molecule has 2 saturated heterocycles. The first-order valence-corrected chi connectivity index (χ1v) is 12.6. The van der Waals surface area contributed by atoms with E-state index in [4.69, 9.17) is 19.3 Å². The van der Waals surface area contributed by atoms with Gasteiger partial charge in [0.15, 0.2) is 0 Å². The van der Waals surface area contributed by atoms with E-state index in [0.29, 0.717) is 4.57 Å². The number of aliphatic hydroxyl groups is 1. The molecule has 2 aliphatic rings. The van der Waals surface area contributed by atoms with Crippen molar-refractivity contribution in [2.45, 2.75) is 23.5 Å². The van der Waals surface area contributed by atoms with E-state index < -0.39 is 71.5 Å². The predicted molar refractivity (Wildman–Crippen MR) is 94.3 cm³/mol. The fourth-order valence-corrected chi connectivity index (χ4v) is 6.20. The average Bonchev–Trinajstić information content (AvgIpc) is 3.05. The van der Waals surface area contributed by atoms with Crippen molar-refractivity contribution in [1.82, 2.24) is 9.55 Å². The molecule has 6 atom stereocenters. The number of hydrogen-bond donors (Lipinski definition) is 6. The summed E-state index contributed by atoms with van der Waals surface area (Å²) in [5, 5.41) is 20.2. The Kier molecular flexibility index (Phi) is 6.31. The van der Waals surface area contributed by atoms with E-state index in [1.54, 1.807) is 6.07 Å². The number of nitrogens with zero attached hydrogens (tertiary/aromatic N) is 2. The summed E-state index contributed by atoms with van der Waals surface area (Å²) < 4.78 is 57.0. The molecule has 2 unspecified atom stereocenters. The Bertz CT molecular complexity index is 1220. The summed E-state index contributed by atoms with van der Waals surface area (Å²) >= 11 is 0. The van der Waals surface area contributed by atoms with Gasteiger partial charge in [-0.15, -0.1) is 0 Å². The van der Waals surface area contributed by atoms with Crippen LogP contribution in [0.15, 0.2) is 21.9 Å². The van der Waals surface area contributed by atoms with E-state index in [-0.39, 0.29) is 0 Å². The van der Waals surface area contributed by atoms with E-state index in [9.17, 15) is 43.4 Å². The molecule has 0 aliphatic carbocycles. The van der Waals surface area contributed by atoms with Crippen LogP contribution >= 0.6 is 23.5 Å². The second-order valence-corrected chi connectivity index (χ2v) is 10.9. The lowest BCUT2D eigenvalue weighted by Gasteiger charge is -2.35. The van der Waals surface area contributed by atoms with Crippen LogP contribution in [0.2, 0.25) is 0 Å². The van der Waals surface area contributed by atoms with Crippen LogP contribution in [0.5, 0.6) is 0 Å². The molecule has 3 rings (SSSR count). The number of aromatic nitrogens is 2. The third-order valence-electron chi connectivity index (χ3n) is 4.31. The maximum Gasteiger partial charge on any atom is 0.490 e. The van der Waals surface area contributed by atoms with Gasteiger partial charge in [-0.2, -0.15) is 13.9 Å². The zero-order chi connectivity index (χ0) is 24.2. The fourth-order valence-electron chi connectivity index (χ4n) is 3.12. The first-order chi connectivity index (χ1) is 14.5. The number of fused-ring (bicyclic) bond motifs is 2. The lowest BCUT2D eigenvalue weighted by molar-refractivity contribution is -0.223. The number of aliphatic hydroxyl groups excluding tert-OH is 1. The molecule has 6 N–H and O–H groups in total. The van der Waals surface area contributed by atoms with Gasteiger partial charge in [0.05, 0.1) is 13.2 Å². The minimum absolute atomic E-state index is 0.546. The van der Waals surface area contributed by atoms with Crippen LogP contribution in [0, 0.1) is 11.3 Å². The number of H-pyrrole nitrogens is 1. The normalized spacial score (nSPS) is 33.4. The van der Waals surface area contributed by atoms with Gasteiger partial charge in [0.1, 0.15) is 23.9 Å². The van der Waals surface area contributed by atoms with Gasteiger partial charge in [-0.1, -0.05) is 0 Å². The molecule has 21 heteroatoms. The Morgan fingerprint density at radius 2 is 1.88 bits per heavy atom. The van der Waals surface area contributed by atoms with Gasteiger partial charge >= 0.3 is 29.2 Å². The van der Waals surface area contributed by atoms with Crippen molar-refractivity contribution in [3.05, 3.63) is 33.1 Å². The number of aromatic amines is 1. The molecule has 0 saturated carbocycles. The summed E-state index contributed by atoms with van der Waals surface area (Å²) in [7, 11) is -17.0. The van der Waals surface area contributed by atoms with Crippen molar-refractivity contribution in [1.29, 1.82) is 5.26 Å². The first kappa shape index (κ1) is 25.1. The number of rotatable bonds is 8. The van der Waals surface area contributed by atoms with E-state index in [0.717, 1.165) is 12.3 Å². The standard InChI is InChI=1S/C11H14N3O15P3/c12-3-11(14-2-1-6(15)13-9(14)17)8-7(16)10(27-11,4-25-8)5-26-31(21,22)29-32(23,24)28-30(18,19)20/h1-2,7-8,16H,4-5H2,(H,21,22)(H,23,24)(H,13,15,17)(H2,18,19,20)/t7-,8+,10+,11+/m0/s1. The molecule has 18 nitrogen and oxygen atoms in total. The van der Waals surface area contributed by atoms with Crippen molar-refractivity contribution in [3.63, 3.8) is 0 Å². The van der Waals surface area contributed by atoms with Crippen LogP contribution in [0.1, 0.15) is 0 Å². The predicted octanol–water partition coefficient (Wildman–Crippen LogP) is -2.42. The van der Waals surface area contributed by atoms with Gasteiger partial charge in [-0.3, -0.25) is 18.9 Å². The Hall–Kier alpha value is -1.54. The van der Waals surface area contributed by atoms with Gasteiger partial charge in [0.2, 0.25) is 0 Å². The van der Waals surface area contributed by atoms with Crippen LogP contribution in [0.3, 0.4) is 0 Å². The van der Waals surface area contributed by atoms with Crippen LogP contribution < -0.4 is 11.2 Å². The molecule has 2 aliphatic heterocycles. The summed E-state index contributed by atoms with van der Waals surface area (Å²) in [5.74, 6) is 0. The zero-order valence-corrected chi connectivity index (χ0v) is 18.0. The van der Waals surface area contributed by atoms with E-state index >= 15 is 0 Å². The summed E-state index contributed by atoms with van der Waals surface area (Å²) in [6.45, 7) is -1.67. The third-order valence-corrected chi connectivity index (χ3v) is 8.09. The zero-order valence-electron chi connectivity index (χ0n) is 15.3. The highest BCUT2D eigenvalue weighted by atomic mass is 31.3. The number of phosphoric ester groups is 1. The lowest BCUT2D eigenvalue weighted by Crippen LogP contribution is -2.54. The summed E-state index contributed by atoms with van der Waals surface area (Å²) in [6, 6.07) is 2.50. The van der Waals surface area contributed by atoms with E-state index in [2.05, 4.69) is 13.1 Å². The average molecular weight is 521 g/mol. The van der Waals surface area contributed by atoms with Crippen LogP contribution in [0.25, 0.3) is 0 Å². The van der Waals surface area contributed by atoms with Crippen LogP contribution in [0.4, 0.5) is 0 Å². The maximum atomic E-state index is 12.1.